The fourth-order valence-corrected chi connectivity index (χ4v) is 4.20. The van der Waals surface area contributed by atoms with Crippen LogP contribution in [0.2, 0.25) is 0 Å². The third-order valence-corrected chi connectivity index (χ3v) is 5.74. The van der Waals surface area contributed by atoms with E-state index >= 15 is 0 Å². The number of benzene rings is 2. The van der Waals surface area contributed by atoms with Gasteiger partial charge in [0.2, 0.25) is 0 Å². The zero-order valence-corrected chi connectivity index (χ0v) is 17.0. The summed E-state index contributed by atoms with van der Waals surface area (Å²) in [4.78, 5) is 2.30. The van der Waals surface area contributed by atoms with Crippen LogP contribution in [0.25, 0.3) is 0 Å². The van der Waals surface area contributed by atoms with Gasteiger partial charge < -0.3 is 15.2 Å². The van der Waals surface area contributed by atoms with Crippen LogP contribution in [0.3, 0.4) is 0 Å². The largest absolute Gasteiger partial charge is 0.491 e. The van der Waals surface area contributed by atoms with Gasteiger partial charge in [0, 0.05) is 43.2 Å². The first-order valence-corrected chi connectivity index (χ1v) is 11.0. The maximum atomic E-state index is 13.0. The number of ether oxygens (including phenoxy) is 1. The zero-order chi connectivity index (χ0) is 19.6. The van der Waals surface area contributed by atoms with E-state index in [-0.39, 0.29) is 5.82 Å². The van der Waals surface area contributed by atoms with Gasteiger partial charge in [-0.15, -0.1) is 0 Å². The van der Waals surface area contributed by atoms with Gasteiger partial charge in [0.1, 0.15) is 24.3 Å². The molecule has 4 nitrogen and oxygen atoms in total. The van der Waals surface area contributed by atoms with Crippen LogP contribution in [-0.4, -0.2) is 60.4 Å². The molecule has 2 aromatic carbocycles. The van der Waals surface area contributed by atoms with E-state index in [9.17, 15) is 9.50 Å². The molecular formula is C22H29FN2O2S. The number of aliphatic hydroxyl groups is 1. The normalized spacial score (nSPS) is 16.1. The van der Waals surface area contributed by atoms with Gasteiger partial charge in [-0.25, -0.2) is 4.39 Å². The molecule has 2 N–H and O–H groups in total. The van der Waals surface area contributed by atoms with Crippen LogP contribution in [0.15, 0.2) is 48.5 Å². The third kappa shape index (κ3) is 7.09. The number of nitrogens with zero attached hydrogens (tertiary/aromatic N) is 1. The van der Waals surface area contributed by atoms with Crippen molar-refractivity contribution in [1.29, 1.82) is 0 Å². The fourth-order valence-electron chi connectivity index (χ4n) is 3.22. The van der Waals surface area contributed by atoms with Gasteiger partial charge in [0.15, 0.2) is 0 Å². The second kappa shape index (κ2) is 11.4. The summed E-state index contributed by atoms with van der Waals surface area (Å²) in [6.07, 6.45) is 0.360. The highest BCUT2D eigenvalue weighted by molar-refractivity contribution is 7.99. The Morgan fingerprint density at radius 1 is 1.11 bits per heavy atom. The quantitative estimate of drug-likeness (QED) is 0.596. The summed E-state index contributed by atoms with van der Waals surface area (Å²) in [5.74, 6) is 2.88. The van der Waals surface area contributed by atoms with Crippen molar-refractivity contribution >= 4 is 11.8 Å². The minimum Gasteiger partial charge on any atom is -0.491 e. The molecule has 0 spiro atoms. The van der Waals surface area contributed by atoms with Crippen LogP contribution in [0, 0.1) is 5.82 Å². The predicted octanol–water partition coefficient (Wildman–Crippen LogP) is 2.95. The maximum Gasteiger partial charge on any atom is 0.123 e. The molecule has 152 valence electrons. The number of rotatable bonds is 10. The Morgan fingerprint density at radius 3 is 2.64 bits per heavy atom. The Morgan fingerprint density at radius 2 is 1.86 bits per heavy atom. The molecule has 0 aliphatic carbocycles. The summed E-state index contributed by atoms with van der Waals surface area (Å²) in [5, 5.41) is 13.7. The molecule has 1 aliphatic heterocycles. The van der Waals surface area contributed by atoms with Crippen LogP contribution in [0.5, 0.6) is 5.75 Å². The molecule has 1 heterocycles. The number of thioether (sulfide) groups is 1. The van der Waals surface area contributed by atoms with E-state index in [1.807, 2.05) is 48.2 Å². The highest BCUT2D eigenvalue weighted by Gasteiger charge is 2.15. The lowest BCUT2D eigenvalue weighted by Crippen LogP contribution is -2.40. The van der Waals surface area contributed by atoms with Crippen molar-refractivity contribution in [2.24, 2.45) is 0 Å². The molecule has 1 atom stereocenters. The molecule has 0 aromatic heterocycles. The third-order valence-electron chi connectivity index (χ3n) is 4.80. The molecule has 1 unspecified atom stereocenters. The number of para-hydroxylation sites is 1. The maximum absolute atomic E-state index is 13.0. The average Bonchev–Trinajstić information content (AvgIpc) is 2.72. The second-order valence-electron chi connectivity index (χ2n) is 7.04. The summed E-state index contributed by atoms with van der Waals surface area (Å²) < 4.78 is 18.9. The van der Waals surface area contributed by atoms with Crippen LogP contribution >= 0.6 is 11.8 Å². The molecule has 3 rings (SSSR count). The summed E-state index contributed by atoms with van der Waals surface area (Å²) in [5.41, 5.74) is 2.18. The standard InChI is InChI=1S/C22H29FN2O2S/c23-20-7-5-18(6-8-20)9-10-24-15-19-3-1-2-4-22(19)27-17-21(26)16-25-11-13-28-14-12-25/h1-8,21,24,26H,9-17H2. The molecule has 1 saturated heterocycles. The van der Waals surface area contributed by atoms with E-state index < -0.39 is 6.10 Å². The first-order chi connectivity index (χ1) is 13.7. The Hall–Kier alpha value is -1.60. The monoisotopic (exact) mass is 404 g/mol. The van der Waals surface area contributed by atoms with Gasteiger partial charge in [0.25, 0.3) is 0 Å². The van der Waals surface area contributed by atoms with Gasteiger partial charge >= 0.3 is 0 Å². The average molecular weight is 405 g/mol. The molecule has 0 saturated carbocycles. The van der Waals surface area contributed by atoms with E-state index in [0.29, 0.717) is 19.7 Å². The molecule has 0 amide bonds. The van der Waals surface area contributed by atoms with E-state index in [1.165, 1.54) is 12.1 Å². The smallest absolute Gasteiger partial charge is 0.123 e. The van der Waals surface area contributed by atoms with Gasteiger partial charge in [-0.2, -0.15) is 11.8 Å². The van der Waals surface area contributed by atoms with Gasteiger partial charge in [-0.3, -0.25) is 4.90 Å². The van der Waals surface area contributed by atoms with Gasteiger partial charge in [0.05, 0.1) is 0 Å². The summed E-state index contributed by atoms with van der Waals surface area (Å²) in [6.45, 7) is 4.54. The van der Waals surface area contributed by atoms with Crippen molar-refractivity contribution in [1.82, 2.24) is 10.2 Å². The Kier molecular flexibility index (Phi) is 8.61. The second-order valence-corrected chi connectivity index (χ2v) is 8.26. The highest BCUT2D eigenvalue weighted by Crippen LogP contribution is 2.18. The Bertz CT molecular complexity index is 708. The predicted molar refractivity (Wildman–Crippen MR) is 114 cm³/mol. The van der Waals surface area contributed by atoms with Crippen molar-refractivity contribution in [2.45, 2.75) is 19.1 Å². The fraction of sp³-hybridized carbons (Fsp3) is 0.455. The lowest BCUT2D eigenvalue weighted by Gasteiger charge is -2.28. The topological polar surface area (TPSA) is 44.7 Å². The van der Waals surface area contributed by atoms with E-state index in [0.717, 1.165) is 54.4 Å². The molecule has 0 bridgehead atoms. The van der Waals surface area contributed by atoms with Crippen LogP contribution in [0.1, 0.15) is 11.1 Å². The van der Waals surface area contributed by atoms with E-state index in [1.54, 1.807) is 0 Å². The summed E-state index contributed by atoms with van der Waals surface area (Å²) in [7, 11) is 0. The lowest BCUT2D eigenvalue weighted by molar-refractivity contribution is 0.0711. The van der Waals surface area contributed by atoms with Crippen molar-refractivity contribution in [3.8, 4) is 5.75 Å². The summed E-state index contributed by atoms with van der Waals surface area (Å²) in [6, 6.07) is 14.5. The minimum absolute atomic E-state index is 0.204. The van der Waals surface area contributed by atoms with Crippen LogP contribution in [0.4, 0.5) is 4.39 Å². The Balaban J connectivity index is 1.41. The number of nitrogens with one attached hydrogen (secondary N) is 1. The Labute approximate surface area is 171 Å². The molecule has 2 aromatic rings. The van der Waals surface area contributed by atoms with E-state index in [4.69, 9.17) is 4.74 Å². The van der Waals surface area contributed by atoms with Gasteiger partial charge in [-0.05, 0) is 36.7 Å². The minimum atomic E-state index is -0.484. The van der Waals surface area contributed by atoms with E-state index in [2.05, 4.69) is 10.2 Å². The highest BCUT2D eigenvalue weighted by atomic mass is 32.2. The molecule has 0 radical (unpaired) electrons. The zero-order valence-electron chi connectivity index (χ0n) is 16.1. The number of hydrogen-bond donors (Lipinski definition) is 2. The number of halogens is 1. The molecule has 28 heavy (non-hydrogen) atoms. The summed E-state index contributed by atoms with van der Waals surface area (Å²) >= 11 is 1.97. The lowest BCUT2D eigenvalue weighted by atomic mass is 10.1. The molecule has 6 heteroatoms. The molecule has 1 fully saturated rings. The number of aliphatic hydroxyl groups excluding tert-OH is 1. The van der Waals surface area contributed by atoms with Crippen LogP contribution < -0.4 is 10.1 Å². The van der Waals surface area contributed by atoms with Gasteiger partial charge in [-0.1, -0.05) is 30.3 Å². The van der Waals surface area contributed by atoms with Crippen molar-refractivity contribution in [2.75, 3.05) is 44.3 Å². The van der Waals surface area contributed by atoms with Crippen LogP contribution in [-0.2, 0) is 13.0 Å². The van der Waals surface area contributed by atoms with Crippen molar-refractivity contribution in [3.05, 3.63) is 65.5 Å². The molecular weight excluding hydrogens is 375 g/mol. The number of β-amino-alcohol motifs (C(OH)–C–C–N with tert-alkyl or cyclic N) is 1. The SMILES string of the molecule is OC(COc1ccccc1CNCCc1ccc(F)cc1)CN1CCSCC1. The van der Waals surface area contributed by atoms with Crippen molar-refractivity contribution < 1.29 is 14.2 Å². The molecule has 1 aliphatic rings. The van der Waals surface area contributed by atoms with Crippen molar-refractivity contribution in [3.63, 3.8) is 0 Å². The number of hydrogen-bond acceptors (Lipinski definition) is 5. The first-order valence-electron chi connectivity index (χ1n) is 9.85. The first kappa shape index (κ1) is 21.1.